The molecule has 0 aliphatic rings. The van der Waals surface area contributed by atoms with Crippen LogP contribution < -0.4 is 5.32 Å². The van der Waals surface area contributed by atoms with Gasteiger partial charge >= 0.3 is 12.4 Å². The van der Waals surface area contributed by atoms with E-state index < -0.39 is 51.5 Å². The number of aromatic nitrogens is 2. The van der Waals surface area contributed by atoms with Crippen LogP contribution in [-0.4, -0.2) is 16.1 Å². The Labute approximate surface area is 137 Å². The number of carbonyl (C=O) groups is 1. The van der Waals surface area contributed by atoms with Crippen molar-refractivity contribution in [2.24, 2.45) is 0 Å². The normalized spacial score (nSPS) is 12.5. The van der Waals surface area contributed by atoms with Crippen molar-refractivity contribution in [2.45, 2.75) is 18.8 Å². The zero-order valence-corrected chi connectivity index (χ0v) is 12.4. The number of nitrogens with zero attached hydrogens (tertiary/aromatic N) is 2. The van der Waals surface area contributed by atoms with Gasteiger partial charge in [0.15, 0.2) is 5.01 Å². The molecule has 4 nitrogen and oxygen atoms in total. The first kappa shape index (κ1) is 19.0. The van der Waals surface area contributed by atoms with Crippen LogP contribution in [0, 0.1) is 0 Å². The number of anilines is 1. The van der Waals surface area contributed by atoms with Crippen molar-refractivity contribution < 1.29 is 39.9 Å². The Hall–Kier alpha value is -2.31. The first-order valence-electron chi connectivity index (χ1n) is 6.10. The summed E-state index contributed by atoms with van der Waals surface area (Å²) in [5.74, 6) is -1.38. The van der Waals surface area contributed by atoms with E-state index in [9.17, 15) is 39.9 Å². The number of nitrogens with one attached hydrogen (secondary N) is 1. The van der Waals surface area contributed by atoms with Crippen LogP contribution in [0.4, 0.5) is 40.3 Å². The van der Waals surface area contributed by atoms with Crippen molar-refractivity contribution in [3.8, 4) is 0 Å². The van der Waals surface area contributed by atoms with Crippen molar-refractivity contribution in [3.05, 3.63) is 39.9 Å². The van der Waals surface area contributed by atoms with Crippen molar-refractivity contribution in [2.75, 3.05) is 5.32 Å². The molecule has 13 heteroatoms. The van der Waals surface area contributed by atoms with Gasteiger partial charge in [-0.05, 0) is 18.2 Å². The second-order valence-corrected chi connectivity index (χ2v) is 5.50. The number of hydrogen-bond acceptors (Lipinski definition) is 4. The lowest BCUT2D eigenvalue weighted by Gasteiger charge is -2.13. The molecule has 2 rings (SSSR count). The number of carbonyl (C=O) groups excluding carboxylic acids is 1. The van der Waals surface area contributed by atoms with Gasteiger partial charge in [-0.25, -0.2) is 8.78 Å². The standard InChI is InChI=1S/C12H5F8N3OS/c13-7(14)9-22-23-10(25-9)21-8(24)4-1-5(11(15,16)17)3-6(2-4)12(18,19)20/h1-3,7H,(H,21,23,24). The third-order valence-electron chi connectivity index (χ3n) is 2.70. The van der Waals surface area contributed by atoms with E-state index in [0.717, 1.165) is 0 Å². The summed E-state index contributed by atoms with van der Waals surface area (Å²) < 4.78 is 101. The number of alkyl halides is 8. The van der Waals surface area contributed by atoms with Gasteiger partial charge in [-0.1, -0.05) is 11.3 Å². The van der Waals surface area contributed by atoms with Gasteiger partial charge in [-0.3, -0.25) is 10.1 Å². The van der Waals surface area contributed by atoms with Gasteiger partial charge in [-0.15, -0.1) is 10.2 Å². The molecule has 1 aromatic carbocycles. The zero-order valence-electron chi connectivity index (χ0n) is 11.5. The molecule has 0 atom stereocenters. The van der Waals surface area contributed by atoms with Crippen molar-refractivity contribution >= 4 is 22.4 Å². The minimum absolute atomic E-state index is 0.142. The molecule has 1 N–H and O–H groups in total. The maximum absolute atomic E-state index is 12.7. The molecule has 0 radical (unpaired) electrons. The molecule has 0 fully saturated rings. The number of hydrogen-bond donors (Lipinski definition) is 1. The molecule has 0 saturated carbocycles. The molecule has 0 bridgehead atoms. The van der Waals surface area contributed by atoms with Crippen LogP contribution >= 0.6 is 11.3 Å². The molecule has 1 aromatic heterocycles. The fourth-order valence-corrected chi connectivity index (χ4v) is 2.22. The van der Waals surface area contributed by atoms with E-state index in [4.69, 9.17) is 0 Å². The highest BCUT2D eigenvalue weighted by molar-refractivity contribution is 7.15. The lowest BCUT2D eigenvalue weighted by atomic mass is 10.0. The molecule has 0 aliphatic carbocycles. The third-order valence-corrected chi connectivity index (χ3v) is 3.54. The lowest BCUT2D eigenvalue weighted by Crippen LogP contribution is -2.17. The average molecular weight is 391 g/mol. The minimum Gasteiger partial charge on any atom is -0.296 e. The van der Waals surface area contributed by atoms with Crippen molar-refractivity contribution in [1.82, 2.24) is 10.2 Å². The Kier molecular flexibility index (Phi) is 4.97. The molecule has 1 heterocycles. The van der Waals surface area contributed by atoms with Crippen LogP contribution in [0.1, 0.15) is 32.9 Å². The largest absolute Gasteiger partial charge is 0.416 e. The highest BCUT2D eigenvalue weighted by Gasteiger charge is 2.37. The van der Waals surface area contributed by atoms with E-state index in [1.165, 1.54) is 0 Å². The van der Waals surface area contributed by atoms with E-state index in [1.807, 2.05) is 5.32 Å². The van der Waals surface area contributed by atoms with Gasteiger partial charge in [0.05, 0.1) is 11.1 Å². The number of benzene rings is 1. The number of rotatable bonds is 3. The average Bonchev–Trinajstić information content (AvgIpc) is 2.93. The summed E-state index contributed by atoms with van der Waals surface area (Å²) in [4.78, 5) is 11.9. The lowest BCUT2D eigenvalue weighted by molar-refractivity contribution is -0.143. The number of amides is 1. The Bertz CT molecular complexity index is 751. The van der Waals surface area contributed by atoms with Crippen molar-refractivity contribution in [3.63, 3.8) is 0 Å². The second-order valence-electron chi connectivity index (χ2n) is 4.49. The highest BCUT2D eigenvalue weighted by Crippen LogP contribution is 2.36. The Morgan fingerprint density at radius 3 is 1.88 bits per heavy atom. The maximum atomic E-state index is 12.7. The van der Waals surface area contributed by atoms with E-state index >= 15 is 0 Å². The van der Waals surface area contributed by atoms with E-state index in [0.29, 0.717) is 0 Å². The Morgan fingerprint density at radius 2 is 1.48 bits per heavy atom. The van der Waals surface area contributed by atoms with Gasteiger partial charge in [0.25, 0.3) is 12.3 Å². The molecule has 0 saturated heterocycles. The molecule has 0 spiro atoms. The first-order valence-corrected chi connectivity index (χ1v) is 6.92. The molecular weight excluding hydrogens is 386 g/mol. The van der Waals surface area contributed by atoms with E-state index in [1.54, 1.807) is 0 Å². The minimum atomic E-state index is -5.12. The third kappa shape index (κ3) is 4.61. The first-order chi connectivity index (χ1) is 11.4. The second kappa shape index (κ2) is 6.54. The van der Waals surface area contributed by atoms with Gasteiger partial charge in [0.2, 0.25) is 5.13 Å². The summed E-state index contributed by atoms with van der Waals surface area (Å²) in [6, 6.07) is 0.274. The molecular formula is C12H5F8N3OS. The molecule has 0 unspecified atom stereocenters. The van der Waals surface area contributed by atoms with Crippen LogP contribution in [0.3, 0.4) is 0 Å². The highest BCUT2D eigenvalue weighted by atomic mass is 32.1. The summed E-state index contributed by atoms with van der Waals surface area (Å²) in [5, 5.41) is 6.74. The van der Waals surface area contributed by atoms with Crippen LogP contribution in [0.2, 0.25) is 0 Å². The molecule has 136 valence electrons. The summed E-state index contributed by atoms with van der Waals surface area (Å²) in [5.41, 5.74) is -4.33. The molecule has 1 amide bonds. The van der Waals surface area contributed by atoms with E-state index in [2.05, 4.69) is 10.2 Å². The van der Waals surface area contributed by atoms with Gasteiger partial charge in [-0.2, -0.15) is 26.3 Å². The summed E-state index contributed by atoms with van der Waals surface area (Å²) in [7, 11) is 0. The van der Waals surface area contributed by atoms with Crippen LogP contribution in [0.15, 0.2) is 18.2 Å². The smallest absolute Gasteiger partial charge is 0.296 e. The van der Waals surface area contributed by atoms with Crippen LogP contribution in [-0.2, 0) is 12.4 Å². The SMILES string of the molecule is O=C(Nc1nnc(C(F)F)s1)c1cc(C(F)(F)F)cc(C(F)(F)F)c1. The summed E-state index contributed by atoms with van der Waals surface area (Å²) in [6.07, 6.45) is -13.2. The van der Waals surface area contributed by atoms with Gasteiger partial charge in [0, 0.05) is 5.56 Å². The summed E-state index contributed by atoms with van der Waals surface area (Å²) in [6.45, 7) is 0. The fourth-order valence-electron chi connectivity index (χ4n) is 1.63. The topological polar surface area (TPSA) is 54.9 Å². The predicted molar refractivity (Wildman–Crippen MR) is 69.3 cm³/mol. The molecule has 2 aromatic rings. The summed E-state index contributed by atoms with van der Waals surface area (Å²) >= 11 is 0.235. The van der Waals surface area contributed by atoms with E-state index in [-0.39, 0.29) is 29.5 Å². The quantitative estimate of drug-likeness (QED) is 0.768. The van der Waals surface area contributed by atoms with Crippen LogP contribution in [0.25, 0.3) is 0 Å². The Balaban J connectivity index is 2.37. The molecule has 0 aliphatic heterocycles. The fraction of sp³-hybridized carbons (Fsp3) is 0.250. The Morgan fingerprint density at radius 1 is 0.960 bits per heavy atom. The maximum Gasteiger partial charge on any atom is 0.416 e. The number of halogens is 8. The monoisotopic (exact) mass is 391 g/mol. The van der Waals surface area contributed by atoms with Gasteiger partial charge < -0.3 is 0 Å². The zero-order chi connectivity index (χ0) is 19.0. The molecule has 25 heavy (non-hydrogen) atoms. The van der Waals surface area contributed by atoms with Crippen molar-refractivity contribution in [1.29, 1.82) is 0 Å². The van der Waals surface area contributed by atoms with Gasteiger partial charge in [0.1, 0.15) is 0 Å². The van der Waals surface area contributed by atoms with Crippen LogP contribution in [0.5, 0.6) is 0 Å². The predicted octanol–water partition coefficient (Wildman–Crippen LogP) is 4.77.